The molecule has 0 aliphatic heterocycles. The lowest BCUT2D eigenvalue weighted by atomic mass is 10.4. The van der Waals surface area contributed by atoms with E-state index >= 15 is 0 Å². The summed E-state index contributed by atoms with van der Waals surface area (Å²) in [5, 5.41) is 0. The van der Waals surface area contributed by atoms with Gasteiger partial charge in [0.25, 0.3) is 0 Å². The minimum Gasteiger partial charge on any atom is -0.371 e. The van der Waals surface area contributed by atoms with Crippen LogP contribution < -0.4 is 0 Å². The van der Waals surface area contributed by atoms with Crippen molar-refractivity contribution in [3.63, 3.8) is 0 Å². The molecule has 0 aromatic carbocycles. The van der Waals surface area contributed by atoms with Gasteiger partial charge in [-0.15, -0.1) is 0 Å². The molecule has 0 saturated heterocycles. The van der Waals surface area contributed by atoms with Crippen LogP contribution >= 0.6 is 0 Å². The Morgan fingerprint density at radius 1 is 1.54 bits per heavy atom. The molecule has 0 amide bonds. The van der Waals surface area contributed by atoms with Crippen molar-refractivity contribution >= 4 is 0 Å². The molecule has 0 bridgehead atoms. The van der Waals surface area contributed by atoms with Crippen LogP contribution in [0.15, 0.2) is 6.20 Å². The zero-order chi connectivity index (χ0) is 9.84. The highest BCUT2D eigenvalue weighted by molar-refractivity contribution is 5.02. The van der Waals surface area contributed by atoms with Crippen molar-refractivity contribution in [3.05, 3.63) is 17.7 Å². The normalized spacial score (nSPS) is 11.2. The molecule has 1 heterocycles. The van der Waals surface area contributed by atoms with Gasteiger partial charge in [0.15, 0.2) is 0 Å². The van der Waals surface area contributed by atoms with Crippen molar-refractivity contribution in [3.8, 4) is 0 Å². The quantitative estimate of drug-likeness (QED) is 0.713. The van der Waals surface area contributed by atoms with Crippen LogP contribution in [0.1, 0.15) is 32.3 Å². The number of hydrogen-bond acceptors (Lipinski definition) is 2. The maximum Gasteiger partial charge on any atom is 0.134 e. The summed E-state index contributed by atoms with van der Waals surface area (Å²) in [6.07, 6.45) is 2.16. The number of aromatic nitrogens is 2. The van der Waals surface area contributed by atoms with Crippen LogP contribution in [0, 0.1) is 6.92 Å². The largest absolute Gasteiger partial charge is 0.371 e. The van der Waals surface area contributed by atoms with E-state index in [4.69, 9.17) is 4.74 Å². The number of ether oxygens (including phenoxy) is 1. The third-order valence-electron chi connectivity index (χ3n) is 2.00. The first-order chi connectivity index (χ1) is 6.15. The Kier molecular flexibility index (Phi) is 3.48. The average Bonchev–Trinajstić information content (AvgIpc) is 2.42. The van der Waals surface area contributed by atoms with Crippen molar-refractivity contribution in [2.75, 3.05) is 0 Å². The molecule has 1 rings (SSSR count). The molecule has 0 unspecified atom stereocenters. The van der Waals surface area contributed by atoms with Gasteiger partial charge in [-0.2, -0.15) is 0 Å². The van der Waals surface area contributed by atoms with E-state index in [1.807, 2.05) is 20.0 Å². The van der Waals surface area contributed by atoms with Crippen LogP contribution in [-0.4, -0.2) is 15.7 Å². The monoisotopic (exact) mass is 182 g/mol. The second kappa shape index (κ2) is 4.42. The maximum atomic E-state index is 5.50. The summed E-state index contributed by atoms with van der Waals surface area (Å²) < 4.78 is 7.67. The Labute approximate surface area is 79.7 Å². The number of rotatable bonds is 4. The fraction of sp³-hybridized carbons (Fsp3) is 0.700. The molecule has 1 aromatic heterocycles. The molecule has 1 aromatic rings. The molecular weight excluding hydrogens is 164 g/mol. The van der Waals surface area contributed by atoms with Gasteiger partial charge in [-0.25, -0.2) is 4.98 Å². The average molecular weight is 182 g/mol. The first-order valence-corrected chi connectivity index (χ1v) is 4.77. The molecule has 0 saturated carbocycles. The van der Waals surface area contributed by atoms with Crippen molar-refractivity contribution < 1.29 is 4.74 Å². The summed E-state index contributed by atoms with van der Waals surface area (Å²) in [6, 6.07) is 0. The fourth-order valence-electron chi connectivity index (χ4n) is 1.30. The third-order valence-corrected chi connectivity index (χ3v) is 2.00. The molecule has 0 spiro atoms. The van der Waals surface area contributed by atoms with Crippen LogP contribution in [0.3, 0.4) is 0 Å². The fourth-order valence-corrected chi connectivity index (χ4v) is 1.30. The van der Waals surface area contributed by atoms with Gasteiger partial charge in [0.2, 0.25) is 0 Å². The Morgan fingerprint density at radius 2 is 2.23 bits per heavy atom. The van der Waals surface area contributed by atoms with E-state index in [1.54, 1.807) is 0 Å². The first kappa shape index (κ1) is 10.3. The van der Waals surface area contributed by atoms with Gasteiger partial charge in [0.1, 0.15) is 12.4 Å². The zero-order valence-corrected chi connectivity index (χ0v) is 8.87. The highest BCUT2D eigenvalue weighted by Gasteiger charge is 2.05. The van der Waals surface area contributed by atoms with Gasteiger partial charge >= 0.3 is 0 Å². The highest BCUT2D eigenvalue weighted by atomic mass is 16.5. The standard InChI is InChI=1S/C10H18N2O/c1-5-12-9(4)6-11-10(12)7-13-8(2)3/h6,8H,5,7H2,1-4H3. The summed E-state index contributed by atoms with van der Waals surface area (Å²) in [7, 11) is 0. The molecule has 0 N–H and O–H groups in total. The molecule has 0 aliphatic carbocycles. The van der Waals surface area contributed by atoms with E-state index in [2.05, 4.69) is 23.4 Å². The molecule has 0 atom stereocenters. The van der Waals surface area contributed by atoms with E-state index in [-0.39, 0.29) is 6.10 Å². The van der Waals surface area contributed by atoms with Crippen molar-refractivity contribution in [2.24, 2.45) is 0 Å². The third kappa shape index (κ3) is 2.56. The molecule has 74 valence electrons. The number of imidazole rings is 1. The zero-order valence-electron chi connectivity index (χ0n) is 8.87. The summed E-state index contributed by atoms with van der Waals surface area (Å²) in [5.41, 5.74) is 1.20. The Balaban J connectivity index is 2.65. The van der Waals surface area contributed by atoms with Gasteiger partial charge in [0, 0.05) is 18.4 Å². The first-order valence-electron chi connectivity index (χ1n) is 4.77. The van der Waals surface area contributed by atoms with Crippen molar-refractivity contribution in [1.29, 1.82) is 0 Å². The second-order valence-electron chi connectivity index (χ2n) is 3.42. The van der Waals surface area contributed by atoms with E-state index in [1.165, 1.54) is 5.69 Å². The Hall–Kier alpha value is -0.830. The van der Waals surface area contributed by atoms with Gasteiger partial charge in [0.05, 0.1) is 6.10 Å². The molecule has 0 aliphatic rings. The minimum atomic E-state index is 0.266. The van der Waals surface area contributed by atoms with Gasteiger partial charge < -0.3 is 9.30 Å². The van der Waals surface area contributed by atoms with E-state index < -0.39 is 0 Å². The molecule has 0 radical (unpaired) electrons. The van der Waals surface area contributed by atoms with Crippen LogP contribution in [0.4, 0.5) is 0 Å². The smallest absolute Gasteiger partial charge is 0.134 e. The Morgan fingerprint density at radius 3 is 2.77 bits per heavy atom. The number of aryl methyl sites for hydroxylation is 1. The number of nitrogens with zero attached hydrogens (tertiary/aromatic N) is 2. The lowest BCUT2D eigenvalue weighted by Gasteiger charge is -2.09. The number of hydrogen-bond donors (Lipinski definition) is 0. The van der Waals surface area contributed by atoms with E-state index in [0.717, 1.165) is 12.4 Å². The predicted octanol–water partition coefficient (Wildman–Crippen LogP) is 2.14. The molecular formula is C10H18N2O. The van der Waals surface area contributed by atoms with Crippen LogP contribution in [0.5, 0.6) is 0 Å². The van der Waals surface area contributed by atoms with Crippen LogP contribution in [-0.2, 0) is 17.9 Å². The lowest BCUT2D eigenvalue weighted by molar-refractivity contribution is 0.0595. The summed E-state index contributed by atoms with van der Waals surface area (Å²) >= 11 is 0. The van der Waals surface area contributed by atoms with Gasteiger partial charge in [-0.1, -0.05) is 0 Å². The van der Waals surface area contributed by atoms with Gasteiger partial charge in [-0.05, 0) is 27.7 Å². The van der Waals surface area contributed by atoms with Crippen LogP contribution in [0.2, 0.25) is 0 Å². The molecule has 3 heteroatoms. The lowest BCUT2D eigenvalue weighted by Crippen LogP contribution is -2.09. The molecule has 13 heavy (non-hydrogen) atoms. The SMILES string of the molecule is CCn1c(C)cnc1COC(C)C. The van der Waals surface area contributed by atoms with E-state index in [9.17, 15) is 0 Å². The predicted molar refractivity (Wildman–Crippen MR) is 52.6 cm³/mol. The topological polar surface area (TPSA) is 27.1 Å². The summed E-state index contributed by atoms with van der Waals surface area (Å²) in [4.78, 5) is 4.30. The summed E-state index contributed by atoms with van der Waals surface area (Å²) in [6.45, 7) is 9.82. The highest BCUT2D eigenvalue weighted by Crippen LogP contribution is 2.06. The van der Waals surface area contributed by atoms with Gasteiger partial charge in [-0.3, -0.25) is 0 Å². The molecule has 3 nitrogen and oxygen atoms in total. The Bertz CT molecular complexity index is 266. The second-order valence-corrected chi connectivity index (χ2v) is 3.42. The van der Waals surface area contributed by atoms with E-state index in [0.29, 0.717) is 6.61 Å². The van der Waals surface area contributed by atoms with Crippen molar-refractivity contribution in [1.82, 2.24) is 9.55 Å². The van der Waals surface area contributed by atoms with Crippen molar-refractivity contribution in [2.45, 2.75) is 47.0 Å². The summed E-state index contributed by atoms with van der Waals surface area (Å²) in [5.74, 6) is 1.02. The molecule has 0 fully saturated rings. The maximum absolute atomic E-state index is 5.50. The minimum absolute atomic E-state index is 0.266. The van der Waals surface area contributed by atoms with Crippen LogP contribution in [0.25, 0.3) is 0 Å².